The van der Waals surface area contributed by atoms with E-state index in [0.717, 1.165) is 11.1 Å². The van der Waals surface area contributed by atoms with Crippen LogP contribution in [0.4, 0.5) is 5.69 Å². The van der Waals surface area contributed by atoms with Crippen LogP contribution in [-0.4, -0.2) is 21.4 Å². The molecule has 0 aliphatic heterocycles. The molecule has 6 nitrogen and oxygen atoms in total. The zero-order valence-corrected chi connectivity index (χ0v) is 16.0. The van der Waals surface area contributed by atoms with E-state index in [9.17, 15) is 5.11 Å². The Hall–Kier alpha value is -3.32. The maximum atomic E-state index is 10.2. The number of benzene rings is 2. The molecule has 0 aliphatic carbocycles. The van der Waals surface area contributed by atoms with E-state index < -0.39 is 12.1 Å². The Morgan fingerprint density at radius 2 is 1.93 bits per heavy atom. The summed E-state index contributed by atoms with van der Waals surface area (Å²) >= 11 is 6.23. The highest BCUT2D eigenvalue weighted by Gasteiger charge is 2.25. The van der Waals surface area contributed by atoms with Crippen molar-refractivity contribution >= 4 is 17.3 Å². The fourth-order valence-electron chi connectivity index (χ4n) is 2.67. The minimum absolute atomic E-state index is 0.228. The summed E-state index contributed by atoms with van der Waals surface area (Å²) in [6.07, 6.45) is 4.54. The molecule has 0 spiro atoms. The number of hydrogen-bond donors (Lipinski definition) is 2. The Balaban J connectivity index is 1.90. The van der Waals surface area contributed by atoms with E-state index >= 15 is 0 Å². The van der Waals surface area contributed by atoms with Gasteiger partial charge in [-0.15, -0.1) is 16.6 Å². The fourth-order valence-corrected chi connectivity index (χ4v) is 2.88. The molecule has 0 bridgehead atoms. The third-order valence-corrected chi connectivity index (χ3v) is 4.79. The maximum absolute atomic E-state index is 10.2. The molecular weight excluding hydrogens is 376 g/mol. The Bertz CT molecular complexity index is 1080. The molecule has 0 unspecified atom stereocenters. The number of rotatable bonds is 5. The van der Waals surface area contributed by atoms with Crippen LogP contribution < -0.4 is 5.32 Å². The van der Waals surface area contributed by atoms with Gasteiger partial charge in [-0.25, -0.2) is 0 Å². The standard InChI is InChI=1S/C21H17ClN4O2/c1-4-14-5-7-15(8-6-14)20-25-26-21(28-20)19(13(3)27)24-17-10-9-16(11-23)18(22)12(17)2/h1,5-10,13,19,24,27H,2-3H3/t13-,19+/m0/s1. The summed E-state index contributed by atoms with van der Waals surface area (Å²) in [5, 5.41) is 31.0. The minimum Gasteiger partial charge on any atom is -0.418 e. The Morgan fingerprint density at radius 1 is 1.21 bits per heavy atom. The zero-order valence-electron chi connectivity index (χ0n) is 15.3. The molecule has 1 aromatic heterocycles. The number of aliphatic hydroxyl groups is 1. The lowest BCUT2D eigenvalue weighted by molar-refractivity contribution is 0.159. The number of nitrogens with one attached hydrogen (secondary N) is 1. The number of aliphatic hydroxyl groups excluding tert-OH is 1. The van der Waals surface area contributed by atoms with E-state index in [0.29, 0.717) is 27.7 Å². The molecule has 2 N–H and O–H groups in total. The highest BCUT2D eigenvalue weighted by atomic mass is 35.5. The van der Waals surface area contributed by atoms with Crippen molar-refractivity contribution in [2.24, 2.45) is 0 Å². The molecule has 7 heteroatoms. The molecule has 1 heterocycles. The van der Waals surface area contributed by atoms with Crippen molar-refractivity contribution in [2.75, 3.05) is 5.32 Å². The van der Waals surface area contributed by atoms with E-state index in [1.807, 2.05) is 6.07 Å². The lowest BCUT2D eigenvalue weighted by Crippen LogP contribution is -2.23. The molecule has 0 radical (unpaired) electrons. The summed E-state index contributed by atoms with van der Waals surface area (Å²) in [4.78, 5) is 0. The SMILES string of the molecule is C#Cc1ccc(-c2nnc([C@H](Nc3ccc(C#N)c(Cl)c3C)[C@H](C)O)o2)cc1. The van der Waals surface area contributed by atoms with Crippen molar-refractivity contribution in [3.63, 3.8) is 0 Å². The predicted molar refractivity (Wildman–Crippen MR) is 107 cm³/mol. The maximum Gasteiger partial charge on any atom is 0.247 e. The van der Waals surface area contributed by atoms with Gasteiger partial charge < -0.3 is 14.8 Å². The number of aromatic nitrogens is 2. The van der Waals surface area contributed by atoms with E-state index in [1.54, 1.807) is 50.2 Å². The molecule has 0 saturated carbocycles. The fraction of sp³-hybridized carbons (Fsp3) is 0.190. The second kappa shape index (κ2) is 8.14. The largest absolute Gasteiger partial charge is 0.418 e. The molecule has 3 aromatic rings. The first kappa shape index (κ1) is 19.4. The third kappa shape index (κ3) is 3.84. The second-order valence-electron chi connectivity index (χ2n) is 6.24. The lowest BCUT2D eigenvalue weighted by atomic mass is 10.1. The van der Waals surface area contributed by atoms with Crippen molar-refractivity contribution in [3.05, 3.63) is 64.0 Å². The molecule has 28 heavy (non-hydrogen) atoms. The van der Waals surface area contributed by atoms with Gasteiger partial charge in [-0.05, 0) is 55.8 Å². The average molecular weight is 393 g/mol. The number of hydrogen-bond acceptors (Lipinski definition) is 6. The first-order valence-corrected chi connectivity index (χ1v) is 8.86. The highest BCUT2D eigenvalue weighted by molar-refractivity contribution is 6.32. The molecule has 0 saturated heterocycles. The molecule has 2 atom stereocenters. The normalized spacial score (nSPS) is 12.6. The third-order valence-electron chi connectivity index (χ3n) is 4.31. The van der Waals surface area contributed by atoms with Gasteiger partial charge in [0.15, 0.2) is 0 Å². The van der Waals surface area contributed by atoms with Gasteiger partial charge in [-0.1, -0.05) is 17.5 Å². The molecule has 3 rings (SSSR count). The summed E-state index contributed by atoms with van der Waals surface area (Å²) in [7, 11) is 0. The Labute approximate surface area is 167 Å². The van der Waals surface area contributed by atoms with Crippen LogP contribution in [0.5, 0.6) is 0 Å². The van der Waals surface area contributed by atoms with Crippen LogP contribution in [-0.2, 0) is 0 Å². The van der Waals surface area contributed by atoms with E-state index in [-0.39, 0.29) is 5.89 Å². The molecule has 2 aromatic carbocycles. The molecule has 0 fully saturated rings. The number of anilines is 1. The highest BCUT2D eigenvalue weighted by Crippen LogP contribution is 2.31. The summed E-state index contributed by atoms with van der Waals surface area (Å²) in [6.45, 7) is 3.40. The van der Waals surface area contributed by atoms with Crippen molar-refractivity contribution in [2.45, 2.75) is 26.0 Å². The second-order valence-corrected chi connectivity index (χ2v) is 6.62. The van der Waals surface area contributed by atoms with Crippen LogP contribution in [0.25, 0.3) is 11.5 Å². The van der Waals surface area contributed by atoms with Crippen LogP contribution in [0.3, 0.4) is 0 Å². The Morgan fingerprint density at radius 3 is 2.54 bits per heavy atom. The number of terminal acetylenes is 1. The smallest absolute Gasteiger partial charge is 0.247 e. The van der Waals surface area contributed by atoms with Gasteiger partial charge in [0.05, 0.1) is 16.7 Å². The van der Waals surface area contributed by atoms with Crippen LogP contribution in [0, 0.1) is 30.6 Å². The monoisotopic (exact) mass is 392 g/mol. The van der Waals surface area contributed by atoms with Crippen LogP contribution in [0.2, 0.25) is 5.02 Å². The summed E-state index contributed by atoms with van der Waals surface area (Å²) < 4.78 is 5.77. The number of halogens is 1. The zero-order chi connectivity index (χ0) is 20.3. The van der Waals surface area contributed by atoms with Crippen LogP contribution in [0.1, 0.15) is 35.5 Å². The summed E-state index contributed by atoms with van der Waals surface area (Å²) in [6, 6.07) is 11.9. The van der Waals surface area contributed by atoms with E-state index in [2.05, 4.69) is 21.4 Å². The van der Waals surface area contributed by atoms with Crippen LogP contribution in [0.15, 0.2) is 40.8 Å². The molecule has 0 amide bonds. The van der Waals surface area contributed by atoms with Crippen molar-refractivity contribution in [1.29, 1.82) is 5.26 Å². The van der Waals surface area contributed by atoms with Crippen molar-refractivity contribution in [3.8, 4) is 29.9 Å². The minimum atomic E-state index is -0.828. The predicted octanol–water partition coefficient (Wildman–Crippen LogP) is 4.09. The average Bonchev–Trinajstić information content (AvgIpc) is 3.18. The summed E-state index contributed by atoms with van der Waals surface area (Å²) in [5.74, 6) is 3.10. The summed E-state index contributed by atoms with van der Waals surface area (Å²) in [5.41, 5.74) is 3.21. The van der Waals surface area contributed by atoms with Gasteiger partial charge in [0.1, 0.15) is 12.1 Å². The number of nitriles is 1. The lowest BCUT2D eigenvalue weighted by Gasteiger charge is -2.21. The van der Waals surface area contributed by atoms with Crippen LogP contribution >= 0.6 is 11.6 Å². The van der Waals surface area contributed by atoms with Crippen molar-refractivity contribution in [1.82, 2.24) is 10.2 Å². The first-order chi connectivity index (χ1) is 13.4. The quantitative estimate of drug-likeness (QED) is 0.635. The van der Waals surface area contributed by atoms with E-state index in [4.69, 9.17) is 27.7 Å². The van der Waals surface area contributed by atoms with Gasteiger partial charge in [-0.2, -0.15) is 5.26 Å². The topological polar surface area (TPSA) is 95.0 Å². The van der Waals surface area contributed by atoms with E-state index in [1.165, 1.54) is 0 Å². The van der Waals surface area contributed by atoms with Gasteiger partial charge in [0.25, 0.3) is 0 Å². The first-order valence-electron chi connectivity index (χ1n) is 8.49. The number of nitrogens with zero attached hydrogens (tertiary/aromatic N) is 3. The van der Waals surface area contributed by atoms with Gasteiger partial charge in [0, 0.05) is 16.8 Å². The molecule has 0 aliphatic rings. The van der Waals surface area contributed by atoms with Crippen molar-refractivity contribution < 1.29 is 9.52 Å². The van der Waals surface area contributed by atoms with Gasteiger partial charge in [0.2, 0.25) is 11.8 Å². The van der Waals surface area contributed by atoms with Gasteiger partial charge in [-0.3, -0.25) is 0 Å². The van der Waals surface area contributed by atoms with Gasteiger partial charge >= 0.3 is 0 Å². The molecular formula is C21H17ClN4O2. The molecule has 140 valence electrons. The Kier molecular flexibility index (Phi) is 5.65.